The van der Waals surface area contributed by atoms with Crippen molar-refractivity contribution in [3.63, 3.8) is 0 Å². The molecule has 17 heavy (non-hydrogen) atoms. The molecule has 5 nitrogen and oxygen atoms in total. The van der Waals surface area contributed by atoms with Crippen molar-refractivity contribution in [2.24, 2.45) is 11.1 Å². The minimum Gasteiger partial charge on any atom is -0.316 e. The molecule has 2 heterocycles. The predicted octanol–water partition coefficient (Wildman–Crippen LogP) is -0.261. The van der Waals surface area contributed by atoms with Gasteiger partial charge in [0.2, 0.25) is 10.0 Å². The van der Waals surface area contributed by atoms with Crippen molar-refractivity contribution in [2.75, 3.05) is 31.9 Å². The molecule has 6 heteroatoms. The van der Waals surface area contributed by atoms with E-state index >= 15 is 0 Å². The maximum Gasteiger partial charge on any atom is 0.210 e. The van der Waals surface area contributed by atoms with Gasteiger partial charge in [-0.15, -0.1) is 0 Å². The van der Waals surface area contributed by atoms with Crippen LogP contribution in [0.3, 0.4) is 0 Å². The Morgan fingerprint density at radius 3 is 2.76 bits per heavy atom. The van der Waals surface area contributed by atoms with Gasteiger partial charge in [-0.3, -0.25) is 4.90 Å². The molecule has 0 bridgehead atoms. The number of nitrogens with zero attached hydrogens (tertiary/aromatic N) is 1. The summed E-state index contributed by atoms with van der Waals surface area (Å²) in [5.74, 6) is 0.789. The topological polar surface area (TPSA) is 75.4 Å². The van der Waals surface area contributed by atoms with Crippen molar-refractivity contribution >= 4 is 10.0 Å². The van der Waals surface area contributed by atoms with Crippen LogP contribution in [0.4, 0.5) is 0 Å². The number of primary sulfonamides is 1. The summed E-state index contributed by atoms with van der Waals surface area (Å²) in [6, 6.07) is 0.145. The molecular formula is C11H23N3O2S. The summed E-state index contributed by atoms with van der Waals surface area (Å²) in [6.07, 6.45) is 4.56. The second-order valence-electron chi connectivity index (χ2n) is 5.33. The molecule has 2 aliphatic heterocycles. The van der Waals surface area contributed by atoms with Gasteiger partial charge in [0.15, 0.2) is 0 Å². The van der Waals surface area contributed by atoms with Crippen LogP contribution in [0.25, 0.3) is 0 Å². The fraction of sp³-hybridized carbons (Fsp3) is 1.00. The molecule has 0 spiro atoms. The van der Waals surface area contributed by atoms with E-state index in [2.05, 4.69) is 10.2 Å². The number of hydrogen-bond acceptors (Lipinski definition) is 4. The van der Waals surface area contributed by atoms with E-state index in [4.69, 9.17) is 5.14 Å². The number of nitrogens with one attached hydrogen (secondary N) is 1. The van der Waals surface area contributed by atoms with Gasteiger partial charge in [-0.25, -0.2) is 13.6 Å². The van der Waals surface area contributed by atoms with E-state index in [-0.39, 0.29) is 11.8 Å². The first-order chi connectivity index (χ1) is 8.04. The zero-order valence-corrected chi connectivity index (χ0v) is 11.1. The molecule has 2 aliphatic rings. The molecule has 0 aromatic rings. The third-order valence-corrected chi connectivity index (χ3v) is 4.66. The van der Waals surface area contributed by atoms with Crippen LogP contribution in [0.1, 0.15) is 25.7 Å². The Bertz CT molecular complexity index is 339. The molecule has 3 N–H and O–H groups in total. The Morgan fingerprint density at radius 2 is 2.12 bits per heavy atom. The fourth-order valence-electron chi connectivity index (χ4n) is 3.00. The Morgan fingerprint density at radius 1 is 1.29 bits per heavy atom. The minimum absolute atomic E-state index is 0.118. The quantitative estimate of drug-likeness (QED) is 0.731. The van der Waals surface area contributed by atoms with Gasteiger partial charge in [0.25, 0.3) is 0 Å². The molecule has 0 amide bonds. The summed E-state index contributed by atoms with van der Waals surface area (Å²) in [6.45, 7) is 4.24. The normalized spacial score (nSPS) is 31.8. The largest absolute Gasteiger partial charge is 0.316 e. The SMILES string of the molecule is NS(=O)(=O)CC1CCCN1CC1CCCNC1. The highest BCUT2D eigenvalue weighted by Gasteiger charge is 2.29. The van der Waals surface area contributed by atoms with Crippen LogP contribution >= 0.6 is 0 Å². The van der Waals surface area contributed by atoms with E-state index in [1.807, 2.05) is 0 Å². The lowest BCUT2D eigenvalue weighted by molar-refractivity contribution is 0.204. The van der Waals surface area contributed by atoms with Gasteiger partial charge in [-0.1, -0.05) is 0 Å². The lowest BCUT2D eigenvalue weighted by atomic mass is 9.99. The first-order valence-corrected chi connectivity index (χ1v) is 8.21. The molecule has 0 aromatic carbocycles. The smallest absolute Gasteiger partial charge is 0.210 e. The standard InChI is InChI=1S/C11H23N3O2S/c12-17(15,16)9-11-4-2-6-14(11)8-10-3-1-5-13-7-10/h10-11,13H,1-9H2,(H2,12,15,16). The Hall–Kier alpha value is -0.170. The minimum atomic E-state index is -3.34. The summed E-state index contributed by atoms with van der Waals surface area (Å²) < 4.78 is 22.3. The van der Waals surface area contributed by atoms with Crippen LogP contribution in [0.2, 0.25) is 0 Å². The number of piperidine rings is 1. The number of likely N-dealkylation sites (tertiary alicyclic amines) is 1. The van der Waals surface area contributed by atoms with E-state index < -0.39 is 10.0 Å². The van der Waals surface area contributed by atoms with Crippen molar-refractivity contribution < 1.29 is 8.42 Å². The number of sulfonamides is 1. The maximum atomic E-state index is 11.2. The highest BCUT2D eigenvalue weighted by Crippen LogP contribution is 2.21. The average molecular weight is 261 g/mol. The van der Waals surface area contributed by atoms with Gasteiger partial charge >= 0.3 is 0 Å². The Kier molecular flexibility index (Phi) is 4.41. The first kappa shape index (κ1) is 13.3. The molecule has 0 aliphatic carbocycles. The summed E-state index contributed by atoms with van der Waals surface area (Å²) in [5, 5.41) is 8.55. The van der Waals surface area contributed by atoms with Gasteiger partial charge < -0.3 is 5.32 Å². The van der Waals surface area contributed by atoms with Crippen LogP contribution in [-0.4, -0.2) is 51.3 Å². The molecule has 2 saturated heterocycles. The summed E-state index contributed by atoms with van der Waals surface area (Å²) in [5.41, 5.74) is 0. The molecule has 2 unspecified atom stereocenters. The lowest BCUT2D eigenvalue weighted by Gasteiger charge is -2.30. The molecule has 0 saturated carbocycles. The van der Waals surface area contributed by atoms with E-state index in [1.54, 1.807) is 0 Å². The van der Waals surface area contributed by atoms with Crippen molar-refractivity contribution in [2.45, 2.75) is 31.7 Å². The van der Waals surface area contributed by atoms with E-state index in [1.165, 1.54) is 12.8 Å². The fourth-order valence-corrected chi connectivity index (χ4v) is 3.92. The molecule has 100 valence electrons. The highest BCUT2D eigenvalue weighted by molar-refractivity contribution is 7.89. The summed E-state index contributed by atoms with van der Waals surface area (Å²) in [4.78, 5) is 2.32. The zero-order valence-electron chi connectivity index (χ0n) is 10.3. The van der Waals surface area contributed by atoms with E-state index in [0.29, 0.717) is 5.92 Å². The Balaban J connectivity index is 1.86. The van der Waals surface area contributed by atoms with Crippen LogP contribution in [0.15, 0.2) is 0 Å². The number of nitrogens with two attached hydrogens (primary N) is 1. The highest BCUT2D eigenvalue weighted by atomic mass is 32.2. The molecular weight excluding hydrogens is 238 g/mol. The Labute approximate surface area is 104 Å². The second kappa shape index (κ2) is 5.65. The molecule has 0 radical (unpaired) electrons. The van der Waals surface area contributed by atoms with Gasteiger partial charge in [0.05, 0.1) is 5.75 Å². The molecule has 2 rings (SSSR count). The van der Waals surface area contributed by atoms with Crippen LogP contribution in [0.5, 0.6) is 0 Å². The van der Waals surface area contributed by atoms with Gasteiger partial charge in [-0.2, -0.15) is 0 Å². The van der Waals surface area contributed by atoms with Crippen molar-refractivity contribution in [3.05, 3.63) is 0 Å². The molecule has 2 atom stereocenters. The summed E-state index contributed by atoms with van der Waals surface area (Å²) in [7, 11) is -3.34. The predicted molar refractivity (Wildman–Crippen MR) is 68.2 cm³/mol. The maximum absolute atomic E-state index is 11.2. The lowest BCUT2D eigenvalue weighted by Crippen LogP contribution is -2.43. The van der Waals surface area contributed by atoms with Crippen molar-refractivity contribution in [1.82, 2.24) is 10.2 Å². The van der Waals surface area contributed by atoms with Crippen LogP contribution < -0.4 is 10.5 Å². The van der Waals surface area contributed by atoms with Gasteiger partial charge in [0.1, 0.15) is 0 Å². The second-order valence-corrected chi connectivity index (χ2v) is 6.99. The van der Waals surface area contributed by atoms with Crippen molar-refractivity contribution in [1.29, 1.82) is 0 Å². The van der Waals surface area contributed by atoms with E-state index in [0.717, 1.165) is 39.0 Å². The average Bonchev–Trinajstić information content (AvgIpc) is 2.65. The summed E-state index contributed by atoms with van der Waals surface area (Å²) >= 11 is 0. The zero-order chi connectivity index (χ0) is 12.3. The van der Waals surface area contributed by atoms with Gasteiger partial charge in [-0.05, 0) is 51.2 Å². The van der Waals surface area contributed by atoms with Gasteiger partial charge in [0, 0.05) is 12.6 Å². The first-order valence-electron chi connectivity index (χ1n) is 6.50. The van der Waals surface area contributed by atoms with Crippen LogP contribution in [0, 0.1) is 5.92 Å². The number of hydrogen-bond donors (Lipinski definition) is 2. The van der Waals surface area contributed by atoms with Crippen LogP contribution in [-0.2, 0) is 10.0 Å². The van der Waals surface area contributed by atoms with E-state index in [9.17, 15) is 8.42 Å². The van der Waals surface area contributed by atoms with Crippen molar-refractivity contribution in [3.8, 4) is 0 Å². The third-order valence-electron chi connectivity index (χ3n) is 3.82. The monoisotopic (exact) mass is 261 g/mol. The third kappa shape index (κ3) is 4.21. The number of rotatable bonds is 4. The molecule has 2 fully saturated rings. The molecule has 0 aromatic heterocycles.